The highest BCUT2D eigenvalue weighted by molar-refractivity contribution is 7.93. The van der Waals surface area contributed by atoms with Crippen LogP contribution in [0.4, 0.5) is 7.77 Å². The SMILES string of the molecule is CC[SH](=O)(F)F. The van der Waals surface area contributed by atoms with Gasteiger partial charge in [-0.05, 0) is 0 Å². The fourth-order valence-electron chi connectivity index (χ4n) is 0. The minimum atomic E-state index is -4.65. The maximum Gasteiger partial charge on any atom is 0.151 e. The molecule has 0 bridgehead atoms. The largest absolute Gasteiger partial charge is 0.225 e. The van der Waals surface area contributed by atoms with E-state index in [0.29, 0.717) is 0 Å². The van der Waals surface area contributed by atoms with E-state index in [2.05, 4.69) is 0 Å². The summed E-state index contributed by atoms with van der Waals surface area (Å²) in [5.74, 6) is -0.507. The van der Waals surface area contributed by atoms with Gasteiger partial charge >= 0.3 is 0 Å². The average molecular weight is 116 g/mol. The molecule has 0 amide bonds. The van der Waals surface area contributed by atoms with Crippen molar-refractivity contribution in [1.29, 1.82) is 0 Å². The molecule has 0 aliphatic carbocycles. The minimum Gasteiger partial charge on any atom is -0.225 e. The maximum absolute atomic E-state index is 11.0. The fourth-order valence-corrected chi connectivity index (χ4v) is 0. The van der Waals surface area contributed by atoms with Gasteiger partial charge < -0.3 is 0 Å². The number of halogens is 2. The van der Waals surface area contributed by atoms with Crippen molar-refractivity contribution in [3.05, 3.63) is 0 Å². The third kappa shape index (κ3) is 4.01. The lowest BCUT2D eigenvalue weighted by atomic mass is 11.0. The third-order valence-corrected chi connectivity index (χ3v) is 1.10. The number of hydrogen-bond donors (Lipinski definition) is 1. The Bertz CT molecular complexity index is 75.6. The van der Waals surface area contributed by atoms with Crippen LogP contribution < -0.4 is 0 Å². The molecule has 0 heterocycles. The Hall–Kier alpha value is 0.01000. The van der Waals surface area contributed by atoms with Crippen LogP contribution in [0.3, 0.4) is 0 Å². The van der Waals surface area contributed by atoms with Gasteiger partial charge in [-0.2, -0.15) is 0 Å². The van der Waals surface area contributed by atoms with Crippen LogP contribution in [0.2, 0.25) is 0 Å². The number of hydrogen-bond acceptors (Lipinski definition) is 1. The molecule has 0 radical (unpaired) electrons. The second-order valence-electron chi connectivity index (χ2n) is 0.886. The van der Waals surface area contributed by atoms with Crippen molar-refractivity contribution in [3.8, 4) is 0 Å². The summed E-state index contributed by atoms with van der Waals surface area (Å²) in [6, 6.07) is 0. The van der Waals surface area contributed by atoms with Gasteiger partial charge in [0.25, 0.3) is 0 Å². The van der Waals surface area contributed by atoms with E-state index in [1.165, 1.54) is 6.92 Å². The van der Waals surface area contributed by atoms with Gasteiger partial charge in [0.05, 0.1) is 5.75 Å². The molecule has 0 aromatic heterocycles. The van der Waals surface area contributed by atoms with Crippen LogP contribution in [0, 0.1) is 0 Å². The van der Waals surface area contributed by atoms with E-state index in [1.807, 2.05) is 0 Å². The Morgan fingerprint density at radius 2 is 1.83 bits per heavy atom. The number of rotatable bonds is 1. The molecule has 0 saturated carbocycles. The van der Waals surface area contributed by atoms with Gasteiger partial charge in [0.2, 0.25) is 0 Å². The second kappa shape index (κ2) is 1.64. The summed E-state index contributed by atoms with van der Waals surface area (Å²) in [5.41, 5.74) is 0. The van der Waals surface area contributed by atoms with Gasteiger partial charge in [-0.3, -0.25) is 0 Å². The lowest BCUT2D eigenvalue weighted by Gasteiger charge is -1.94. The highest BCUT2D eigenvalue weighted by atomic mass is 32.3. The average Bonchev–Trinajstić information content (AvgIpc) is 1.35. The lowest BCUT2D eigenvalue weighted by molar-refractivity contribution is 0.575. The first-order valence-electron chi connectivity index (χ1n) is 1.54. The smallest absolute Gasteiger partial charge is 0.151 e. The zero-order chi connectivity index (χ0) is 5.21. The summed E-state index contributed by atoms with van der Waals surface area (Å²) in [6.45, 7) is 1.20. The second-order valence-corrected chi connectivity index (χ2v) is 2.66. The minimum absolute atomic E-state index is 0.507. The summed E-state index contributed by atoms with van der Waals surface area (Å²) < 4.78 is 31.3. The van der Waals surface area contributed by atoms with Crippen LogP contribution in [-0.4, -0.2) is 9.96 Å². The molecule has 40 valence electrons. The first kappa shape index (κ1) is 6.01. The van der Waals surface area contributed by atoms with Gasteiger partial charge in [-0.1, -0.05) is 6.92 Å². The number of thiol groups is 1. The van der Waals surface area contributed by atoms with Gasteiger partial charge in [-0.15, -0.1) is 7.77 Å². The predicted octanol–water partition coefficient (Wildman–Crippen LogP) is 0.792. The monoisotopic (exact) mass is 116 g/mol. The molecule has 0 aromatic carbocycles. The first-order valence-corrected chi connectivity index (χ1v) is 3.22. The summed E-state index contributed by atoms with van der Waals surface area (Å²) in [5, 5.41) is 0. The van der Waals surface area contributed by atoms with Crippen LogP contribution in [0.25, 0.3) is 0 Å². The third-order valence-electron chi connectivity index (χ3n) is 0.368. The molecule has 0 aromatic rings. The maximum atomic E-state index is 11.0. The molecule has 0 aliphatic heterocycles. The highest BCUT2D eigenvalue weighted by Crippen LogP contribution is 2.04. The van der Waals surface area contributed by atoms with Crippen molar-refractivity contribution in [3.63, 3.8) is 0 Å². The van der Waals surface area contributed by atoms with Crippen molar-refractivity contribution in [2.75, 3.05) is 5.75 Å². The molecule has 0 unspecified atom stereocenters. The normalized spacial score (nSPS) is 14.5. The molecule has 0 rings (SSSR count). The van der Waals surface area contributed by atoms with Crippen LogP contribution in [-0.2, 0) is 10.7 Å². The van der Waals surface area contributed by atoms with E-state index in [4.69, 9.17) is 0 Å². The Balaban J connectivity index is 3.48. The molecular weight excluding hydrogens is 110 g/mol. The Labute approximate surface area is 36.4 Å². The van der Waals surface area contributed by atoms with Crippen molar-refractivity contribution < 1.29 is 12.0 Å². The van der Waals surface area contributed by atoms with Gasteiger partial charge in [0, 0.05) is 0 Å². The quantitative estimate of drug-likeness (QED) is 0.396. The molecule has 6 heavy (non-hydrogen) atoms. The Kier molecular flexibility index (Phi) is 1.64. The molecule has 0 atom stereocenters. The predicted molar refractivity (Wildman–Crippen MR) is 22.3 cm³/mol. The summed E-state index contributed by atoms with van der Waals surface area (Å²) >= 11 is 0. The molecule has 0 aliphatic rings. The van der Waals surface area contributed by atoms with Crippen LogP contribution in [0.1, 0.15) is 6.92 Å². The van der Waals surface area contributed by atoms with E-state index >= 15 is 0 Å². The van der Waals surface area contributed by atoms with E-state index in [1.54, 1.807) is 0 Å². The van der Waals surface area contributed by atoms with Crippen LogP contribution in [0.15, 0.2) is 0 Å². The van der Waals surface area contributed by atoms with E-state index in [-0.39, 0.29) is 0 Å². The van der Waals surface area contributed by atoms with Crippen LogP contribution >= 0.6 is 0 Å². The summed E-state index contributed by atoms with van der Waals surface area (Å²) in [4.78, 5) is 0. The molecule has 0 fully saturated rings. The highest BCUT2D eigenvalue weighted by Gasteiger charge is 2.00. The Morgan fingerprint density at radius 1 is 1.67 bits per heavy atom. The van der Waals surface area contributed by atoms with Crippen molar-refractivity contribution >= 4 is 10.7 Å². The standard InChI is InChI=1S/C2H6F2OS/c1-2-6(3,4)5/h6H,2H2,1H3. The molecular formula is C2H6F2OS. The van der Waals surface area contributed by atoms with Gasteiger partial charge in [0.1, 0.15) is 0 Å². The van der Waals surface area contributed by atoms with E-state index < -0.39 is 16.5 Å². The zero-order valence-electron chi connectivity index (χ0n) is 3.32. The first-order chi connectivity index (χ1) is 2.56. The zero-order valence-corrected chi connectivity index (χ0v) is 4.21. The lowest BCUT2D eigenvalue weighted by Crippen LogP contribution is -1.95. The molecule has 4 heteroatoms. The van der Waals surface area contributed by atoms with Gasteiger partial charge in [-0.25, -0.2) is 4.21 Å². The topological polar surface area (TPSA) is 17.1 Å². The van der Waals surface area contributed by atoms with E-state index in [0.717, 1.165) is 0 Å². The van der Waals surface area contributed by atoms with E-state index in [9.17, 15) is 12.0 Å². The molecule has 0 saturated heterocycles. The fraction of sp³-hybridized carbons (Fsp3) is 1.00. The molecule has 1 nitrogen and oxygen atoms in total. The molecule has 0 spiro atoms. The molecule has 0 N–H and O–H groups in total. The van der Waals surface area contributed by atoms with Crippen molar-refractivity contribution in [2.24, 2.45) is 0 Å². The van der Waals surface area contributed by atoms with Crippen molar-refractivity contribution in [2.45, 2.75) is 6.92 Å². The summed E-state index contributed by atoms with van der Waals surface area (Å²) in [6.07, 6.45) is 0. The van der Waals surface area contributed by atoms with Crippen molar-refractivity contribution in [1.82, 2.24) is 0 Å². The van der Waals surface area contributed by atoms with Gasteiger partial charge in [0.15, 0.2) is 10.7 Å². The summed E-state index contributed by atoms with van der Waals surface area (Å²) in [7, 11) is -4.65. The Morgan fingerprint density at radius 3 is 1.83 bits per heavy atom. The van der Waals surface area contributed by atoms with Crippen LogP contribution in [0.5, 0.6) is 0 Å².